The second-order valence-electron chi connectivity index (χ2n) is 7.54. The Morgan fingerprint density at radius 3 is 2.09 bits per heavy atom. The van der Waals surface area contributed by atoms with Gasteiger partial charge >= 0.3 is 6.03 Å². The summed E-state index contributed by atoms with van der Waals surface area (Å²) >= 11 is 1.19. The number of aromatic nitrogens is 1. The summed E-state index contributed by atoms with van der Waals surface area (Å²) in [4.78, 5) is 43.7. The number of hydrogen-bond acceptors (Lipinski definition) is 5. The molecule has 1 aliphatic rings. The zero-order valence-corrected chi connectivity index (χ0v) is 18.4. The first kappa shape index (κ1) is 21.5. The zero-order valence-electron chi connectivity index (χ0n) is 17.6. The molecule has 1 saturated heterocycles. The number of nitrogens with zero attached hydrogens (tertiary/aromatic N) is 2. The lowest BCUT2D eigenvalue weighted by molar-refractivity contribution is -0.131. The Morgan fingerprint density at radius 2 is 1.50 bits per heavy atom. The minimum absolute atomic E-state index is 0.0295. The number of benzene rings is 3. The molecule has 168 valence electrons. The Kier molecular flexibility index (Phi) is 5.39. The van der Waals surface area contributed by atoms with Crippen molar-refractivity contribution in [2.24, 2.45) is 0 Å². The van der Waals surface area contributed by atoms with Crippen LogP contribution in [0.4, 0.5) is 9.18 Å². The molecule has 0 radical (unpaired) electrons. The van der Waals surface area contributed by atoms with Crippen molar-refractivity contribution in [1.29, 1.82) is 0 Å². The summed E-state index contributed by atoms with van der Waals surface area (Å²) in [5.74, 6) is -1.74. The van der Waals surface area contributed by atoms with Gasteiger partial charge in [-0.3, -0.25) is 15.0 Å². The van der Waals surface area contributed by atoms with Crippen LogP contribution in [0, 0.1) is 5.82 Å². The van der Waals surface area contributed by atoms with Gasteiger partial charge in [0.2, 0.25) is 0 Å². The molecule has 1 aliphatic heterocycles. The van der Waals surface area contributed by atoms with E-state index in [-0.39, 0.29) is 11.5 Å². The fourth-order valence-electron chi connectivity index (χ4n) is 3.83. The van der Waals surface area contributed by atoms with Crippen LogP contribution in [-0.4, -0.2) is 27.8 Å². The second kappa shape index (κ2) is 8.53. The Hall–Kier alpha value is -4.37. The van der Waals surface area contributed by atoms with Gasteiger partial charge in [-0.15, -0.1) is 11.3 Å². The number of rotatable bonds is 5. The third kappa shape index (κ3) is 3.61. The molecule has 1 fully saturated rings. The standard InChI is InChI=1S/C25H17FN4O3S/c26-19-13-11-16(12-14-19)22-27-20(15-34-22)21(31)29-30-23(32)25(28-24(30)33,17-7-3-1-4-8-17)18-9-5-2-6-10-18/h1-15H,(H,28,33)(H,29,31). The molecule has 2 heterocycles. The molecular weight excluding hydrogens is 455 g/mol. The van der Waals surface area contributed by atoms with E-state index in [2.05, 4.69) is 15.7 Å². The van der Waals surface area contributed by atoms with Gasteiger partial charge < -0.3 is 5.32 Å². The van der Waals surface area contributed by atoms with Gasteiger partial charge in [0.05, 0.1) is 0 Å². The number of carbonyl (C=O) groups is 3. The van der Waals surface area contributed by atoms with Crippen LogP contribution >= 0.6 is 11.3 Å². The van der Waals surface area contributed by atoms with Crippen LogP contribution in [0.3, 0.4) is 0 Å². The first-order chi connectivity index (χ1) is 16.5. The van der Waals surface area contributed by atoms with Gasteiger partial charge in [0.1, 0.15) is 16.5 Å². The van der Waals surface area contributed by atoms with Crippen molar-refractivity contribution in [3.05, 3.63) is 113 Å². The van der Waals surface area contributed by atoms with Crippen molar-refractivity contribution in [3.8, 4) is 10.6 Å². The summed E-state index contributed by atoms with van der Waals surface area (Å²) in [5, 5.41) is 5.46. The van der Waals surface area contributed by atoms with E-state index in [0.29, 0.717) is 26.7 Å². The number of imide groups is 1. The highest BCUT2D eigenvalue weighted by molar-refractivity contribution is 7.13. The van der Waals surface area contributed by atoms with E-state index in [9.17, 15) is 18.8 Å². The van der Waals surface area contributed by atoms with Crippen LogP contribution in [0.2, 0.25) is 0 Å². The van der Waals surface area contributed by atoms with E-state index in [1.54, 1.807) is 60.7 Å². The lowest BCUT2D eigenvalue weighted by atomic mass is 9.83. The van der Waals surface area contributed by atoms with Crippen LogP contribution in [0.5, 0.6) is 0 Å². The van der Waals surface area contributed by atoms with Crippen molar-refractivity contribution in [3.63, 3.8) is 0 Å². The molecular formula is C25H17FN4O3S. The minimum atomic E-state index is -1.49. The molecule has 4 aromatic rings. The summed E-state index contributed by atoms with van der Waals surface area (Å²) in [5.41, 5.74) is 2.68. The summed E-state index contributed by atoms with van der Waals surface area (Å²) in [6.07, 6.45) is 0. The highest BCUT2D eigenvalue weighted by Crippen LogP contribution is 2.35. The van der Waals surface area contributed by atoms with Crippen molar-refractivity contribution >= 4 is 29.2 Å². The van der Waals surface area contributed by atoms with Gasteiger partial charge in [-0.05, 0) is 35.4 Å². The Morgan fingerprint density at radius 1 is 0.912 bits per heavy atom. The normalized spacial score (nSPS) is 14.7. The number of hydrogen-bond donors (Lipinski definition) is 2. The first-order valence-corrected chi connectivity index (χ1v) is 11.2. The van der Waals surface area contributed by atoms with E-state index in [0.717, 1.165) is 0 Å². The molecule has 0 unspecified atom stereocenters. The van der Waals surface area contributed by atoms with Crippen molar-refractivity contribution in [2.45, 2.75) is 5.54 Å². The van der Waals surface area contributed by atoms with Crippen LogP contribution < -0.4 is 10.7 Å². The van der Waals surface area contributed by atoms with Gasteiger partial charge in [0.15, 0.2) is 5.54 Å². The number of hydrazine groups is 1. The fourth-order valence-corrected chi connectivity index (χ4v) is 4.63. The van der Waals surface area contributed by atoms with Crippen LogP contribution in [0.1, 0.15) is 21.6 Å². The SMILES string of the molecule is O=C(NN1C(=O)NC(c2ccccc2)(c2ccccc2)C1=O)c1csc(-c2ccc(F)cc2)n1. The summed E-state index contributed by atoms with van der Waals surface area (Å²) < 4.78 is 13.2. The fraction of sp³-hybridized carbons (Fsp3) is 0.0400. The van der Waals surface area contributed by atoms with Gasteiger partial charge in [-0.25, -0.2) is 14.2 Å². The van der Waals surface area contributed by atoms with Gasteiger partial charge in [-0.1, -0.05) is 60.7 Å². The molecule has 34 heavy (non-hydrogen) atoms. The monoisotopic (exact) mass is 472 g/mol. The van der Waals surface area contributed by atoms with Crippen LogP contribution in [0.25, 0.3) is 10.6 Å². The van der Waals surface area contributed by atoms with Crippen molar-refractivity contribution in [2.75, 3.05) is 0 Å². The third-order valence-corrected chi connectivity index (χ3v) is 6.37. The van der Waals surface area contributed by atoms with Crippen LogP contribution in [0.15, 0.2) is 90.3 Å². The smallest absolute Gasteiger partial charge is 0.314 e. The maximum absolute atomic E-state index is 13.6. The van der Waals surface area contributed by atoms with Gasteiger partial charge in [0.25, 0.3) is 11.8 Å². The largest absolute Gasteiger partial charge is 0.344 e. The van der Waals surface area contributed by atoms with Gasteiger partial charge in [-0.2, -0.15) is 5.01 Å². The summed E-state index contributed by atoms with van der Waals surface area (Å²) in [6.45, 7) is 0. The molecule has 0 spiro atoms. The predicted octanol–water partition coefficient (Wildman–Crippen LogP) is 4.09. The number of amides is 4. The van der Waals surface area contributed by atoms with E-state index in [4.69, 9.17) is 0 Å². The molecule has 1 aromatic heterocycles. The third-order valence-electron chi connectivity index (χ3n) is 5.48. The molecule has 0 saturated carbocycles. The highest BCUT2D eigenvalue weighted by atomic mass is 32.1. The Bertz CT molecular complexity index is 1330. The van der Waals surface area contributed by atoms with Gasteiger partial charge in [0, 0.05) is 10.9 Å². The van der Waals surface area contributed by atoms with E-state index in [1.807, 2.05) is 12.1 Å². The van der Waals surface area contributed by atoms with E-state index < -0.39 is 23.4 Å². The summed E-state index contributed by atoms with van der Waals surface area (Å²) in [7, 11) is 0. The van der Waals surface area contributed by atoms with E-state index >= 15 is 0 Å². The highest BCUT2D eigenvalue weighted by Gasteiger charge is 2.54. The molecule has 5 rings (SSSR count). The molecule has 9 heteroatoms. The number of carbonyl (C=O) groups excluding carboxylic acids is 3. The first-order valence-electron chi connectivity index (χ1n) is 10.3. The number of urea groups is 1. The second-order valence-corrected chi connectivity index (χ2v) is 8.40. The molecule has 0 bridgehead atoms. The average Bonchev–Trinajstić information content (AvgIpc) is 3.46. The lowest BCUT2D eigenvalue weighted by Crippen LogP contribution is -2.49. The van der Waals surface area contributed by atoms with E-state index in [1.165, 1.54) is 28.8 Å². The maximum Gasteiger partial charge on any atom is 0.344 e. The Balaban J connectivity index is 1.44. The molecule has 3 aromatic carbocycles. The number of thiazole rings is 1. The van der Waals surface area contributed by atoms with Crippen molar-refractivity contribution in [1.82, 2.24) is 20.7 Å². The molecule has 0 aliphatic carbocycles. The van der Waals surface area contributed by atoms with Crippen LogP contribution in [-0.2, 0) is 10.3 Å². The molecule has 2 N–H and O–H groups in total. The molecule has 7 nitrogen and oxygen atoms in total. The minimum Gasteiger partial charge on any atom is -0.314 e. The zero-order chi connectivity index (χ0) is 23.7. The predicted molar refractivity (Wildman–Crippen MR) is 124 cm³/mol. The lowest BCUT2D eigenvalue weighted by Gasteiger charge is -2.27. The topological polar surface area (TPSA) is 91.4 Å². The summed E-state index contributed by atoms with van der Waals surface area (Å²) in [6, 6.07) is 22.6. The Labute approximate surface area is 197 Å². The number of halogens is 1. The van der Waals surface area contributed by atoms with Crippen molar-refractivity contribution < 1.29 is 18.8 Å². The molecule has 0 atom stereocenters. The quantitative estimate of drug-likeness (QED) is 0.428. The molecule has 4 amide bonds. The average molecular weight is 473 g/mol. The maximum atomic E-state index is 13.6. The number of nitrogens with one attached hydrogen (secondary N) is 2.